The van der Waals surface area contributed by atoms with Crippen molar-refractivity contribution in [2.75, 3.05) is 5.32 Å². The minimum atomic E-state index is -0.463. The van der Waals surface area contributed by atoms with Crippen LogP contribution in [0.5, 0.6) is 0 Å². The van der Waals surface area contributed by atoms with Gasteiger partial charge < -0.3 is 5.32 Å². The number of carbonyl (C=O) groups excluding carboxylic acids is 1. The van der Waals surface area contributed by atoms with Crippen LogP contribution in [0.3, 0.4) is 0 Å². The van der Waals surface area contributed by atoms with Crippen LogP contribution in [0.15, 0.2) is 97.1 Å². The number of aromatic nitrogens is 2. The van der Waals surface area contributed by atoms with E-state index in [2.05, 4.69) is 10.4 Å². The first-order chi connectivity index (χ1) is 15.1. The monoisotopic (exact) mass is 410 g/mol. The first-order valence-corrected chi connectivity index (χ1v) is 9.54. The number of hydrogen-bond donors (Lipinski definition) is 1. The van der Waals surface area contributed by atoms with Crippen molar-refractivity contribution in [3.05, 3.63) is 113 Å². The first kappa shape index (κ1) is 19.8. The molecule has 0 saturated heterocycles. The number of carbonyl (C=O) groups is 1. The molecule has 1 aromatic heterocycles. The number of anilines is 1. The number of benzene rings is 3. The van der Waals surface area contributed by atoms with E-state index < -0.39 is 4.92 Å². The fourth-order valence-corrected chi connectivity index (χ4v) is 3.03. The lowest BCUT2D eigenvalue weighted by molar-refractivity contribution is -0.384. The highest BCUT2D eigenvalue weighted by Crippen LogP contribution is 2.24. The molecule has 31 heavy (non-hydrogen) atoms. The molecule has 4 aromatic rings. The summed E-state index contributed by atoms with van der Waals surface area (Å²) in [5.74, 6) is 0.193. The second kappa shape index (κ2) is 8.87. The van der Waals surface area contributed by atoms with Crippen LogP contribution in [0.1, 0.15) is 5.56 Å². The molecule has 1 N–H and O–H groups in total. The fourth-order valence-electron chi connectivity index (χ4n) is 3.03. The summed E-state index contributed by atoms with van der Waals surface area (Å²) in [4.78, 5) is 22.8. The van der Waals surface area contributed by atoms with Crippen molar-refractivity contribution in [2.24, 2.45) is 0 Å². The Bertz CT molecular complexity index is 1230. The van der Waals surface area contributed by atoms with E-state index in [1.54, 1.807) is 22.9 Å². The van der Waals surface area contributed by atoms with Crippen LogP contribution in [-0.2, 0) is 4.79 Å². The molecular formula is C24H18N4O3. The smallest absolute Gasteiger partial charge is 0.269 e. The van der Waals surface area contributed by atoms with Crippen LogP contribution in [-0.4, -0.2) is 20.6 Å². The van der Waals surface area contributed by atoms with Gasteiger partial charge in [0.2, 0.25) is 5.91 Å². The Balaban J connectivity index is 1.58. The lowest BCUT2D eigenvalue weighted by Crippen LogP contribution is -2.12. The van der Waals surface area contributed by atoms with Crippen LogP contribution < -0.4 is 5.32 Å². The van der Waals surface area contributed by atoms with Gasteiger partial charge in [-0.25, -0.2) is 4.68 Å². The number of non-ortho nitro benzene ring substituents is 1. The van der Waals surface area contributed by atoms with E-state index in [4.69, 9.17) is 0 Å². The highest BCUT2D eigenvalue weighted by molar-refractivity contribution is 6.01. The zero-order chi connectivity index (χ0) is 21.6. The Hall–Kier alpha value is -4.52. The molecule has 0 unspecified atom stereocenters. The summed E-state index contributed by atoms with van der Waals surface area (Å²) in [5.41, 5.74) is 3.18. The minimum absolute atomic E-state index is 0.00167. The van der Waals surface area contributed by atoms with Crippen LogP contribution in [0.4, 0.5) is 11.5 Å². The van der Waals surface area contributed by atoms with Crippen LogP contribution in [0.25, 0.3) is 23.0 Å². The van der Waals surface area contributed by atoms with Gasteiger partial charge in [0, 0.05) is 29.8 Å². The molecule has 4 rings (SSSR count). The average Bonchev–Trinajstić information content (AvgIpc) is 3.23. The minimum Gasteiger partial charge on any atom is -0.307 e. The number of hydrogen-bond acceptors (Lipinski definition) is 4. The van der Waals surface area contributed by atoms with Gasteiger partial charge in [0.25, 0.3) is 5.69 Å². The van der Waals surface area contributed by atoms with E-state index in [9.17, 15) is 14.9 Å². The quantitative estimate of drug-likeness (QED) is 0.272. The van der Waals surface area contributed by atoms with Crippen molar-refractivity contribution >= 4 is 23.5 Å². The number of nitrogens with zero attached hydrogens (tertiary/aromatic N) is 3. The van der Waals surface area contributed by atoms with E-state index in [-0.39, 0.29) is 11.6 Å². The third-order valence-corrected chi connectivity index (χ3v) is 4.56. The number of para-hydroxylation sites is 1. The molecule has 3 aromatic carbocycles. The second-order valence-corrected chi connectivity index (χ2v) is 6.70. The predicted molar refractivity (Wildman–Crippen MR) is 120 cm³/mol. The molecule has 1 amide bonds. The maximum atomic E-state index is 12.5. The molecule has 1 heterocycles. The third-order valence-electron chi connectivity index (χ3n) is 4.56. The van der Waals surface area contributed by atoms with E-state index in [0.717, 1.165) is 16.9 Å². The lowest BCUT2D eigenvalue weighted by atomic mass is 10.1. The van der Waals surface area contributed by atoms with Gasteiger partial charge in [0.15, 0.2) is 0 Å². The highest BCUT2D eigenvalue weighted by atomic mass is 16.6. The standard InChI is InChI=1S/C24H18N4O3/c29-24(16-13-18-11-14-21(15-12-18)28(30)31)25-23-17-22(19-7-3-1-4-8-19)26-27(23)20-9-5-2-6-10-20/h1-17H,(H,25,29)/b16-13+. The van der Waals surface area contributed by atoms with Gasteiger partial charge in [-0.3, -0.25) is 14.9 Å². The van der Waals surface area contributed by atoms with Crippen molar-refractivity contribution in [1.29, 1.82) is 0 Å². The van der Waals surface area contributed by atoms with Crippen molar-refractivity contribution in [1.82, 2.24) is 9.78 Å². The number of nitro benzene ring substituents is 1. The van der Waals surface area contributed by atoms with Gasteiger partial charge in [-0.15, -0.1) is 0 Å². The van der Waals surface area contributed by atoms with Gasteiger partial charge in [-0.05, 0) is 35.9 Å². The molecule has 0 atom stereocenters. The number of nitro groups is 1. The molecule has 7 nitrogen and oxygen atoms in total. The van der Waals surface area contributed by atoms with E-state index in [0.29, 0.717) is 11.4 Å². The van der Waals surface area contributed by atoms with E-state index >= 15 is 0 Å². The van der Waals surface area contributed by atoms with Gasteiger partial charge in [0.1, 0.15) is 5.82 Å². The molecule has 7 heteroatoms. The Morgan fingerprint density at radius 3 is 2.23 bits per heavy atom. The van der Waals surface area contributed by atoms with Gasteiger partial charge in [0.05, 0.1) is 16.3 Å². The van der Waals surface area contributed by atoms with Gasteiger partial charge >= 0.3 is 0 Å². The first-order valence-electron chi connectivity index (χ1n) is 9.54. The summed E-state index contributed by atoms with van der Waals surface area (Å²) in [6.45, 7) is 0. The summed E-state index contributed by atoms with van der Waals surface area (Å²) in [6, 6.07) is 27.0. The molecule has 0 aliphatic heterocycles. The number of nitrogens with one attached hydrogen (secondary N) is 1. The van der Waals surface area contributed by atoms with Crippen molar-refractivity contribution in [3.63, 3.8) is 0 Å². The molecule has 0 spiro atoms. The summed E-state index contributed by atoms with van der Waals surface area (Å²) in [7, 11) is 0. The molecule has 0 aliphatic rings. The molecular weight excluding hydrogens is 392 g/mol. The third kappa shape index (κ3) is 4.73. The number of amides is 1. The Morgan fingerprint density at radius 1 is 0.935 bits per heavy atom. The van der Waals surface area contributed by atoms with Crippen molar-refractivity contribution < 1.29 is 9.72 Å². The maximum Gasteiger partial charge on any atom is 0.269 e. The highest BCUT2D eigenvalue weighted by Gasteiger charge is 2.12. The Labute approximate surface area is 178 Å². The average molecular weight is 410 g/mol. The van der Waals surface area contributed by atoms with Crippen molar-refractivity contribution in [2.45, 2.75) is 0 Å². The molecule has 0 bridgehead atoms. The Kier molecular flexibility index (Phi) is 5.66. The Morgan fingerprint density at radius 2 is 1.58 bits per heavy atom. The fraction of sp³-hybridized carbons (Fsp3) is 0. The van der Waals surface area contributed by atoms with E-state index in [1.807, 2.05) is 66.7 Å². The zero-order valence-corrected chi connectivity index (χ0v) is 16.4. The normalized spacial score (nSPS) is 10.8. The SMILES string of the molecule is O=C(/C=C/c1ccc([N+](=O)[O-])cc1)Nc1cc(-c2ccccc2)nn1-c1ccccc1. The maximum absolute atomic E-state index is 12.5. The summed E-state index contributed by atoms with van der Waals surface area (Å²) in [5, 5.41) is 18.3. The summed E-state index contributed by atoms with van der Waals surface area (Å²) >= 11 is 0. The molecule has 0 saturated carbocycles. The van der Waals surface area contributed by atoms with Crippen LogP contribution in [0, 0.1) is 10.1 Å². The molecule has 0 fully saturated rings. The summed E-state index contributed by atoms with van der Waals surface area (Å²) in [6.07, 6.45) is 2.98. The largest absolute Gasteiger partial charge is 0.307 e. The summed E-state index contributed by atoms with van der Waals surface area (Å²) < 4.78 is 1.68. The molecule has 0 radical (unpaired) electrons. The number of rotatable bonds is 6. The zero-order valence-electron chi connectivity index (χ0n) is 16.4. The predicted octanol–water partition coefficient (Wildman–Crippen LogP) is 5.10. The second-order valence-electron chi connectivity index (χ2n) is 6.70. The lowest BCUT2D eigenvalue weighted by Gasteiger charge is -2.07. The van der Waals surface area contributed by atoms with Gasteiger partial charge in [-0.2, -0.15) is 5.10 Å². The van der Waals surface area contributed by atoms with E-state index in [1.165, 1.54) is 18.2 Å². The molecule has 0 aliphatic carbocycles. The van der Waals surface area contributed by atoms with Crippen LogP contribution in [0.2, 0.25) is 0 Å². The molecule has 152 valence electrons. The topological polar surface area (TPSA) is 90.1 Å². The van der Waals surface area contributed by atoms with Gasteiger partial charge in [-0.1, -0.05) is 48.5 Å². The van der Waals surface area contributed by atoms with Crippen molar-refractivity contribution in [3.8, 4) is 16.9 Å². The van der Waals surface area contributed by atoms with Crippen LogP contribution >= 0.6 is 0 Å².